The quantitative estimate of drug-likeness (QED) is 0.927. The number of aromatic nitrogens is 2. The van der Waals surface area contributed by atoms with Crippen molar-refractivity contribution in [3.8, 4) is 0 Å². The van der Waals surface area contributed by atoms with Crippen LogP contribution < -0.4 is 5.32 Å². The fourth-order valence-electron chi connectivity index (χ4n) is 3.28. The van der Waals surface area contributed by atoms with E-state index in [0.29, 0.717) is 24.3 Å². The smallest absolute Gasteiger partial charge is 0.231 e. The molecular weight excluding hydrogens is 323 g/mol. The zero-order chi connectivity index (χ0) is 18.0. The number of benzene rings is 1. The highest BCUT2D eigenvalue weighted by Crippen LogP contribution is 2.37. The summed E-state index contributed by atoms with van der Waals surface area (Å²) < 4.78 is 16.0. The van der Waals surface area contributed by atoms with Crippen LogP contribution in [0.1, 0.15) is 31.4 Å². The Balaban J connectivity index is 1.87. The van der Waals surface area contributed by atoms with Crippen LogP contribution in [0.15, 0.2) is 36.5 Å². The van der Waals surface area contributed by atoms with Crippen LogP contribution in [-0.2, 0) is 16.1 Å². The van der Waals surface area contributed by atoms with E-state index in [1.165, 1.54) is 11.0 Å². The van der Waals surface area contributed by atoms with E-state index >= 15 is 0 Å². The zero-order valence-electron chi connectivity index (χ0n) is 14.3. The summed E-state index contributed by atoms with van der Waals surface area (Å²) in [5.74, 6) is -0.839. The first-order chi connectivity index (χ1) is 12.0. The first kappa shape index (κ1) is 17.1. The van der Waals surface area contributed by atoms with Crippen molar-refractivity contribution in [2.24, 2.45) is 5.92 Å². The summed E-state index contributed by atoms with van der Waals surface area (Å²) in [6, 6.07) is 7.37. The first-order valence-electron chi connectivity index (χ1n) is 8.35. The van der Waals surface area contributed by atoms with Crippen LogP contribution in [0.2, 0.25) is 0 Å². The molecule has 0 bridgehead atoms. The number of halogens is 1. The maximum absolute atomic E-state index is 14.3. The molecule has 132 valence electrons. The van der Waals surface area contributed by atoms with Gasteiger partial charge in [-0.1, -0.05) is 18.2 Å². The van der Waals surface area contributed by atoms with Gasteiger partial charge in [0.15, 0.2) is 5.82 Å². The van der Waals surface area contributed by atoms with E-state index in [0.717, 1.165) is 0 Å². The summed E-state index contributed by atoms with van der Waals surface area (Å²) in [6.07, 6.45) is 2.42. The largest absolute Gasteiger partial charge is 0.338 e. The van der Waals surface area contributed by atoms with Crippen LogP contribution >= 0.6 is 0 Å². The molecule has 0 saturated carbocycles. The molecule has 1 aliphatic heterocycles. The molecular formula is C18H21FN4O2. The number of anilines is 1. The van der Waals surface area contributed by atoms with E-state index in [-0.39, 0.29) is 18.2 Å². The van der Waals surface area contributed by atoms with Crippen LogP contribution in [0, 0.1) is 11.7 Å². The molecule has 1 aromatic carbocycles. The molecule has 1 fully saturated rings. The third kappa shape index (κ3) is 3.40. The second-order valence-corrected chi connectivity index (χ2v) is 6.16. The summed E-state index contributed by atoms with van der Waals surface area (Å²) in [5.41, 5.74) is 0.359. The van der Waals surface area contributed by atoms with Gasteiger partial charge in [0.25, 0.3) is 0 Å². The average Bonchev–Trinajstić information content (AvgIpc) is 3.05. The molecule has 2 amide bonds. The highest BCUT2D eigenvalue weighted by atomic mass is 19.1. The minimum absolute atomic E-state index is 0.0902. The number of aryl methyl sites for hydroxylation is 1. The van der Waals surface area contributed by atoms with Gasteiger partial charge in [0.1, 0.15) is 5.82 Å². The van der Waals surface area contributed by atoms with E-state index in [1.54, 1.807) is 42.2 Å². The third-order valence-electron chi connectivity index (χ3n) is 4.64. The highest BCUT2D eigenvalue weighted by molar-refractivity contribution is 5.94. The van der Waals surface area contributed by atoms with E-state index in [1.807, 2.05) is 6.92 Å². The van der Waals surface area contributed by atoms with Gasteiger partial charge in [-0.2, -0.15) is 5.10 Å². The van der Waals surface area contributed by atoms with Crippen molar-refractivity contribution in [3.05, 3.63) is 47.9 Å². The van der Waals surface area contributed by atoms with Crippen molar-refractivity contribution >= 4 is 17.6 Å². The van der Waals surface area contributed by atoms with Crippen molar-refractivity contribution in [1.82, 2.24) is 14.7 Å². The summed E-state index contributed by atoms with van der Waals surface area (Å²) in [6.45, 7) is 2.66. The molecule has 1 aliphatic rings. The van der Waals surface area contributed by atoms with Crippen molar-refractivity contribution in [1.29, 1.82) is 0 Å². The summed E-state index contributed by atoms with van der Waals surface area (Å²) in [5, 5.41) is 7.03. The Labute approximate surface area is 145 Å². The van der Waals surface area contributed by atoms with Crippen molar-refractivity contribution < 1.29 is 14.0 Å². The van der Waals surface area contributed by atoms with Crippen LogP contribution in [0.3, 0.4) is 0 Å². The Kier molecular flexibility index (Phi) is 4.83. The molecule has 0 radical (unpaired) electrons. The monoisotopic (exact) mass is 344 g/mol. The van der Waals surface area contributed by atoms with Crippen molar-refractivity contribution in [3.63, 3.8) is 0 Å². The SMILES string of the molecule is CCn1ccc(NC(=O)[C@H]2CCC(=O)N(C)[C@H]2c2ccccc2F)n1. The Morgan fingerprint density at radius 2 is 2.12 bits per heavy atom. The lowest BCUT2D eigenvalue weighted by molar-refractivity contribution is -0.140. The number of piperidine rings is 1. The van der Waals surface area contributed by atoms with Crippen LogP contribution in [0.4, 0.5) is 10.2 Å². The Hall–Kier alpha value is -2.70. The van der Waals surface area contributed by atoms with Gasteiger partial charge in [0.05, 0.1) is 12.0 Å². The molecule has 2 heterocycles. The van der Waals surface area contributed by atoms with Gasteiger partial charge in [0.2, 0.25) is 11.8 Å². The maximum Gasteiger partial charge on any atom is 0.231 e. The number of hydrogen-bond donors (Lipinski definition) is 1. The number of nitrogens with one attached hydrogen (secondary N) is 1. The van der Waals surface area contributed by atoms with Gasteiger partial charge in [0, 0.05) is 37.8 Å². The molecule has 1 N–H and O–H groups in total. The molecule has 2 aromatic rings. The van der Waals surface area contributed by atoms with Gasteiger partial charge in [-0.05, 0) is 19.4 Å². The maximum atomic E-state index is 14.3. The number of carbonyl (C=O) groups is 2. The van der Waals surface area contributed by atoms with Crippen LogP contribution in [-0.4, -0.2) is 33.5 Å². The van der Waals surface area contributed by atoms with Crippen LogP contribution in [0.5, 0.6) is 0 Å². The molecule has 6 nitrogen and oxygen atoms in total. The lowest BCUT2D eigenvalue weighted by Gasteiger charge is -2.38. The zero-order valence-corrected chi connectivity index (χ0v) is 14.3. The lowest BCUT2D eigenvalue weighted by Crippen LogP contribution is -2.45. The second-order valence-electron chi connectivity index (χ2n) is 6.16. The predicted molar refractivity (Wildman–Crippen MR) is 91.2 cm³/mol. The third-order valence-corrected chi connectivity index (χ3v) is 4.64. The highest BCUT2D eigenvalue weighted by Gasteiger charge is 2.40. The van der Waals surface area contributed by atoms with Crippen molar-refractivity contribution in [2.45, 2.75) is 32.4 Å². The fourth-order valence-corrected chi connectivity index (χ4v) is 3.28. The number of rotatable bonds is 4. The minimum atomic E-state index is -0.629. The number of amides is 2. The number of nitrogens with zero attached hydrogens (tertiary/aromatic N) is 3. The van der Waals surface area contributed by atoms with Gasteiger partial charge >= 0.3 is 0 Å². The number of carbonyl (C=O) groups excluding carboxylic acids is 2. The molecule has 0 aliphatic carbocycles. The second kappa shape index (κ2) is 7.04. The van der Waals surface area contributed by atoms with E-state index in [4.69, 9.17) is 0 Å². The molecule has 25 heavy (non-hydrogen) atoms. The lowest BCUT2D eigenvalue weighted by atomic mass is 9.83. The summed E-state index contributed by atoms with van der Waals surface area (Å²) in [4.78, 5) is 26.4. The molecule has 7 heteroatoms. The number of likely N-dealkylation sites (tertiary alicyclic amines) is 1. The molecule has 1 aromatic heterocycles. The predicted octanol–water partition coefficient (Wildman–Crippen LogP) is 2.59. The van der Waals surface area contributed by atoms with E-state index in [2.05, 4.69) is 10.4 Å². The summed E-state index contributed by atoms with van der Waals surface area (Å²) >= 11 is 0. The minimum Gasteiger partial charge on any atom is -0.338 e. The van der Waals surface area contributed by atoms with Gasteiger partial charge in [-0.15, -0.1) is 0 Å². The normalized spacial score (nSPS) is 20.6. The summed E-state index contributed by atoms with van der Waals surface area (Å²) in [7, 11) is 1.62. The average molecular weight is 344 g/mol. The standard InChI is InChI=1S/C18H21FN4O2/c1-3-23-11-10-15(21-23)20-18(25)13-8-9-16(24)22(2)17(13)12-6-4-5-7-14(12)19/h4-7,10-11,13,17H,3,8-9H2,1-2H3,(H,20,21,25)/t13-,17-/m0/s1. The van der Waals surface area contributed by atoms with E-state index in [9.17, 15) is 14.0 Å². The topological polar surface area (TPSA) is 67.2 Å². The molecule has 1 saturated heterocycles. The Morgan fingerprint density at radius 3 is 2.80 bits per heavy atom. The fraction of sp³-hybridized carbons (Fsp3) is 0.389. The molecule has 0 unspecified atom stereocenters. The molecule has 0 spiro atoms. The number of hydrogen-bond acceptors (Lipinski definition) is 3. The Bertz CT molecular complexity index is 789. The van der Waals surface area contributed by atoms with Gasteiger partial charge in [-0.25, -0.2) is 4.39 Å². The van der Waals surface area contributed by atoms with E-state index < -0.39 is 17.8 Å². The molecule has 3 rings (SSSR count). The van der Waals surface area contributed by atoms with Gasteiger partial charge < -0.3 is 10.2 Å². The van der Waals surface area contributed by atoms with Crippen molar-refractivity contribution in [2.75, 3.05) is 12.4 Å². The molecule has 2 atom stereocenters. The van der Waals surface area contributed by atoms with Gasteiger partial charge in [-0.3, -0.25) is 14.3 Å². The van der Waals surface area contributed by atoms with Crippen LogP contribution in [0.25, 0.3) is 0 Å². The first-order valence-corrected chi connectivity index (χ1v) is 8.35. The Morgan fingerprint density at radius 1 is 1.36 bits per heavy atom.